The van der Waals surface area contributed by atoms with Crippen molar-refractivity contribution in [1.29, 1.82) is 0 Å². The molecule has 0 spiro atoms. The summed E-state index contributed by atoms with van der Waals surface area (Å²) in [4.78, 5) is 21.0. The van der Waals surface area contributed by atoms with Gasteiger partial charge in [-0.15, -0.1) is 0 Å². The number of nitro benzene ring substituents is 1. The highest BCUT2D eigenvalue weighted by Crippen LogP contribution is 2.27. The molecule has 0 atom stereocenters. The number of rotatable bonds is 7. The first-order valence-corrected chi connectivity index (χ1v) is 7.14. The average molecular weight is 366 g/mol. The van der Waals surface area contributed by atoms with Gasteiger partial charge < -0.3 is 9.47 Å². The van der Waals surface area contributed by atoms with Crippen molar-refractivity contribution in [3.63, 3.8) is 0 Å². The number of benzene rings is 2. The highest BCUT2D eigenvalue weighted by Gasteiger charge is 2.15. The van der Waals surface area contributed by atoms with Gasteiger partial charge in [0.25, 0.3) is 0 Å². The lowest BCUT2D eigenvalue weighted by molar-refractivity contribution is -0.385. The van der Waals surface area contributed by atoms with Crippen LogP contribution in [0.3, 0.4) is 0 Å². The predicted octanol–water partition coefficient (Wildman–Crippen LogP) is 3.63. The van der Waals surface area contributed by atoms with Gasteiger partial charge in [0.05, 0.1) is 4.92 Å². The van der Waals surface area contributed by atoms with Crippen LogP contribution in [0.4, 0.5) is 5.69 Å². The minimum Gasteiger partial charge on any atom is -0.490 e. The molecule has 0 aromatic heterocycles. The minimum atomic E-state index is -0.586. The number of carbonyl (C=O) groups excluding carboxylic acids is 1. The van der Waals surface area contributed by atoms with Crippen molar-refractivity contribution in [1.82, 2.24) is 0 Å². The molecule has 0 radical (unpaired) electrons. The van der Waals surface area contributed by atoms with Crippen LogP contribution in [0, 0.1) is 10.1 Å². The highest BCUT2D eigenvalue weighted by atomic mass is 79.9. The molecule has 0 saturated carbocycles. The van der Waals surface area contributed by atoms with E-state index in [0.717, 1.165) is 4.47 Å². The molecule has 22 heavy (non-hydrogen) atoms. The summed E-state index contributed by atoms with van der Waals surface area (Å²) in [7, 11) is 0. The van der Waals surface area contributed by atoms with E-state index >= 15 is 0 Å². The van der Waals surface area contributed by atoms with Gasteiger partial charge in [0.1, 0.15) is 25.2 Å². The van der Waals surface area contributed by atoms with Crippen molar-refractivity contribution in [2.45, 2.75) is 0 Å². The topological polar surface area (TPSA) is 78.7 Å². The van der Waals surface area contributed by atoms with Crippen LogP contribution in [-0.2, 0) is 0 Å². The van der Waals surface area contributed by atoms with Crippen LogP contribution in [0.5, 0.6) is 11.5 Å². The van der Waals surface area contributed by atoms with E-state index in [2.05, 4.69) is 15.9 Å². The number of nitrogens with zero attached hydrogens (tertiary/aromatic N) is 1. The van der Waals surface area contributed by atoms with Crippen LogP contribution in [0.25, 0.3) is 0 Å². The van der Waals surface area contributed by atoms with Gasteiger partial charge in [-0.1, -0.05) is 22.0 Å². The van der Waals surface area contributed by atoms with Crippen molar-refractivity contribution >= 4 is 27.9 Å². The van der Waals surface area contributed by atoms with Gasteiger partial charge >= 0.3 is 5.69 Å². The first-order chi connectivity index (χ1) is 10.6. The SMILES string of the molecule is O=Cc1ccc(OCCOc2cccc(Br)c2)c([N+](=O)[O-])c1. The lowest BCUT2D eigenvalue weighted by Gasteiger charge is -2.09. The normalized spacial score (nSPS) is 10.0. The van der Waals surface area contributed by atoms with Gasteiger partial charge in [0.2, 0.25) is 0 Å². The molecule has 0 saturated heterocycles. The van der Waals surface area contributed by atoms with Crippen molar-refractivity contribution < 1.29 is 19.2 Å². The second kappa shape index (κ2) is 7.56. The van der Waals surface area contributed by atoms with Gasteiger partial charge in [-0.2, -0.15) is 0 Å². The maximum atomic E-state index is 11.0. The first kappa shape index (κ1) is 16.0. The standard InChI is InChI=1S/C15H12BrNO5/c16-12-2-1-3-13(9-12)21-6-7-22-15-5-4-11(10-18)8-14(15)17(19)20/h1-5,8-10H,6-7H2. The smallest absolute Gasteiger partial charge is 0.311 e. The number of nitro groups is 1. The Balaban J connectivity index is 1.94. The van der Waals surface area contributed by atoms with E-state index in [-0.39, 0.29) is 30.2 Å². The molecule has 6 nitrogen and oxygen atoms in total. The predicted molar refractivity (Wildman–Crippen MR) is 83.6 cm³/mol. The Morgan fingerprint density at radius 3 is 2.59 bits per heavy atom. The third-order valence-electron chi connectivity index (χ3n) is 2.72. The zero-order valence-electron chi connectivity index (χ0n) is 11.4. The Morgan fingerprint density at radius 1 is 1.14 bits per heavy atom. The molecule has 7 heteroatoms. The summed E-state index contributed by atoms with van der Waals surface area (Å²) in [6.45, 7) is 0.386. The van der Waals surface area contributed by atoms with Crippen LogP contribution in [-0.4, -0.2) is 24.4 Å². The van der Waals surface area contributed by atoms with Gasteiger partial charge in [0.15, 0.2) is 5.75 Å². The molecule has 0 aliphatic heterocycles. The second-order valence-electron chi connectivity index (χ2n) is 4.26. The number of hydrogen-bond donors (Lipinski definition) is 0. The second-order valence-corrected chi connectivity index (χ2v) is 5.17. The summed E-state index contributed by atoms with van der Waals surface area (Å²) >= 11 is 3.33. The van der Waals surface area contributed by atoms with E-state index < -0.39 is 4.92 Å². The fourth-order valence-electron chi connectivity index (χ4n) is 1.74. The van der Waals surface area contributed by atoms with E-state index in [4.69, 9.17) is 9.47 Å². The molecular weight excluding hydrogens is 354 g/mol. The zero-order chi connectivity index (χ0) is 15.9. The third-order valence-corrected chi connectivity index (χ3v) is 3.21. The molecule has 0 amide bonds. The Labute approximate surface area is 134 Å². The quantitative estimate of drug-likeness (QED) is 0.324. The molecule has 2 aromatic carbocycles. The number of aldehydes is 1. The molecule has 0 heterocycles. The lowest BCUT2D eigenvalue weighted by atomic mass is 10.2. The summed E-state index contributed by atoms with van der Waals surface area (Å²) in [6, 6.07) is 11.4. The van der Waals surface area contributed by atoms with E-state index in [1.165, 1.54) is 18.2 Å². The summed E-state index contributed by atoms with van der Waals surface area (Å²) in [6.07, 6.45) is 0.549. The van der Waals surface area contributed by atoms with Crippen LogP contribution in [0.2, 0.25) is 0 Å². The van der Waals surface area contributed by atoms with Gasteiger partial charge in [0, 0.05) is 16.1 Å². The summed E-state index contributed by atoms with van der Waals surface area (Å²) in [5, 5.41) is 11.0. The van der Waals surface area contributed by atoms with Gasteiger partial charge in [-0.25, -0.2) is 0 Å². The summed E-state index contributed by atoms with van der Waals surface area (Å²) in [5.74, 6) is 0.775. The minimum absolute atomic E-state index is 0.105. The van der Waals surface area contributed by atoms with Gasteiger partial charge in [-0.05, 0) is 30.3 Å². The van der Waals surface area contributed by atoms with Crippen LogP contribution < -0.4 is 9.47 Å². The molecule has 114 valence electrons. The largest absolute Gasteiger partial charge is 0.490 e. The van der Waals surface area contributed by atoms with Crippen LogP contribution in [0.1, 0.15) is 10.4 Å². The fraction of sp³-hybridized carbons (Fsp3) is 0.133. The number of hydrogen-bond acceptors (Lipinski definition) is 5. The Morgan fingerprint density at radius 2 is 1.91 bits per heavy atom. The Hall–Kier alpha value is -2.41. The van der Waals surface area contributed by atoms with Crippen molar-refractivity contribution in [2.75, 3.05) is 13.2 Å². The third kappa shape index (κ3) is 4.29. The van der Waals surface area contributed by atoms with Crippen LogP contribution >= 0.6 is 15.9 Å². The summed E-state index contributed by atoms with van der Waals surface area (Å²) < 4.78 is 11.7. The van der Waals surface area contributed by atoms with Crippen molar-refractivity contribution in [3.8, 4) is 11.5 Å². The molecule has 2 rings (SSSR count). The van der Waals surface area contributed by atoms with E-state index in [1.807, 2.05) is 12.1 Å². The Bertz CT molecular complexity index is 689. The van der Waals surface area contributed by atoms with E-state index in [1.54, 1.807) is 12.1 Å². The molecule has 0 unspecified atom stereocenters. The number of carbonyl (C=O) groups is 1. The number of ether oxygens (including phenoxy) is 2. The molecule has 0 aliphatic rings. The highest BCUT2D eigenvalue weighted by molar-refractivity contribution is 9.10. The fourth-order valence-corrected chi connectivity index (χ4v) is 2.12. The molecule has 0 bridgehead atoms. The molecular formula is C15H12BrNO5. The molecule has 0 fully saturated rings. The van der Waals surface area contributed by atoms with Crippen molar-refractivity contribution in [2.24, 2.45) is 0 Å². The van der Waals surface area contributed by atoms with E-state index in [0.29, 0.717) is 12.0 Å². The average Bonchev–Trinajstić information content (AvgIpc) is 2.51. The zero-order valence-corrected chi connectivity index (χ0v) is 13.0. The van der Waals surface area contributed by atoms with Gasteiger partial charge in [-0.3, -0.25) is 14.9 Å². The summed E-state index contributed by atoms with van der Waals surface area (Å²) in [5.41, 5.74) is -0.0171. The number of halogens is 1. The molecule has 2 aromatic rings. The Kier molecular flexibility index (Phi) is 5.48. The monoisotopic (exact) mass is 365 g/mol. The first-order valence-electron chi connectivity index (χ1n) is 6.35. The molecule has 0 N–H and O–H groups in total. The van der Waals surface area contributed by atoms with Crippen molar-refractivity contribution in [3.05, 3.63) is 62.6 Å². The van der Waals surface area contributed by atoms with E-state index in [9.17, 15) is 14.9 Å². The molecule has 0 aliphatic carbocycles. The lowest BCUT2D eigenvalue weighted by Crippen LogP contribution is -2.10. The maximum absolute atomic E-state index is 11.0. The van der Waals surface area contributed by atoms with Crippen LogP contribution in [0.15, 0.2) is 46.9 Å². The maximum Gasteiger partial charge on any atom is 0.311 e.